The van der Waals surface area contributed by atoms with Gasteiger partial charge in [-0.05, 0) is 29.8 Å². The molecule has 3 aromatic rings. The number of H-pyrrole nitrogens is 1. The summed E-state index contributed by atoms with van der Waals surface area (Å²) in [6, 6.07) is 15.2. The zero-order valence-corrected chi connectivity index (χ0v) is 17.9. The number of halogens is 2. The molecule has 172 valence electrons. The smallest absolute Gasteiger partial charge is 0.272 e. The highest BCUT2D eigenvalue weighted by molar-refractivity contribution is 5.95. The molecule has 1 aliphatic rings. The van der Waals surface area contributed by atoms with Crippen molar-refractivity contribution in [3.63, 3.8) is 0 Å². The summed E-state index contributed by atoms with van der Waals surface area (Å²) in [5.74, 6) is -0.810. The van der Waals surface area contributed by atoms with Crippen LogP contribution in [0.1, 0.15) is 28.9 Å². The molecule has 0 radical (unpaired) electrons. The fourth-order valence-electron chi connectivity index (χ4n) is 3.70. The van der Waals surface area contributed by atoms with Gasteiger partial charge in [-0.2, -0.15) is 5.10 Å². The first-order valence-electron chi connectivity index (χ1n) is 10.7. The van der Waals surface area contributed by atoms with Crippen molar-refractivity contribution >= 4 is 11.8 Å². The lowest BCUT2D eigenvalue weighted by atomic mass is 10.1. The Kier molecular flexibility index (Phi) is 6.97. The number of piperidine rings is 1. The van der Waals surface area contributed by atoms with E-state index in [2.05, 4.69) is 15.5 Å². The first kappa shape index (κ1) is 22.4. The van der Waals surface area contributed by atoms with Crippen LogP contribution >= 0.6 is 0 Å². The minimum Gasteiger partial charge on any atom is -0.490 e. The summed E-state index contributed by atoms with van der Waals surface area (Å²) in [5.41, 5.74) is 1.80. The van der Waals surface area contributed by atoms with Gasteiger partial charge in [-0.3, -0.25) is 14.7 Å². The van der Waals surface area contributed by atoms with Gasteiger partial charge >= 0.3 is 0 Å². The van der Waals surface area contributed by atoms with Gasteiger partial charge in [0.25, 0.3) is 5.91 Å². The zero-order chi connectivity index (χ0) is 23.2. The quantitative estimate of drug-likeness (QED) is 0.572. The number of amides is 2. The number of nitrogens with zero attached hydrogens (tertiary/aromatic N) is 2. The van der Waals surface area contributed by atoms with Gasteiger partial charge in [-0.15, -0.1) is 0 Å². The molecule has 2 aromatic carbocycles. The van der Waals surface area contributed by atoms with Crippen molar-refractivity contribution in [1.29, 1.82) is 0 Å². The molecule has 0 bridgehead atoms. The number of ether oxygens (including phenoxy) is 1. The molecule has 2 amide bonds. The van der Waals surface area contributed by atoms with Crippen LogP contribution in [-0.4, -0.2) is 52.6 Å². The van der Waals surface area contributed by atoms with E-state index in [0.29, 0.717) is 37.4 Å². The van der Waals surface area contributed by atoms with Crippen LogP contribution in [0.15, 0.2) is 54.6 Å². The summed E-state index contributed by atoms with van der Waals surface area (Å²) in [4.78, 5) is 26.5. The van der Waals surface area contributed by atoms with Gasteiger partial charge < -0.3 is 15.0 Å². The molecule has 0 unspecified atom stereocenters. The van der Waals surface area contributed by atoms with Gasteiger partial charge in [0, 0.05) is 31.5 Å². The molecule has 33 heavy (non-hydrogen) atoms. The Labute approximate surface area is 189 Å². The predicted octanol–water partition coefficient (Wildman–Crippen LogP) is 3.49. The molecule has 0 spiro atoms. The first-order valence-corrected chi connectivity index (χ1v) is 10.7. The second kappa shape index (κ2) is 10.2. The lowest BCUT2D eigenvalue weighted by molar-refractivity contribution is -0.131. The minimum absolute atomic E-state index is 0.0383. The number of aromatic nitrogens is 2. The number of hydrogen-bond acceptors (Lipinski definition) is 4. The van der Waals surface area contributed by atoms with Gasteiger partial charge in [0.05, 0.1) is 12.2 Å². The molecule has 0 aliphatic carbocycles. The summed E-state index contributed by atoms with van der Waals surface area (Å²) in [6.07, 6.45) is 1.02. The summed E-state index contributed by atoms with van der Waals surface area (Å²) >= 11 is 0. The number of carbonyl (C=O) groups is 2. The third-order valence-electron chi connectivity index (χ3n) is 5.55. The molecule has 0 saturated carbocycles. The number of benzene rings is 2. The maximum Gasteiger partial charge on any atom is 0.272 e. The monoisotopic (exact) mass is 454 g/mol. The third-order valence-corrected chi connectivity index (χ3v) is 5.55. The first-order chi connectivity index (χ1) is 16.0. The van der Waals surface area contributed by atoms with Crippen molar-refractivity contribution in [2.75, 3.05) is 19.6 Å². The maximum absolute atomic E-state index is 13.4. The number of aromatic amines is 1. The van der Waals surface area contributed by atoms with Crippen LogP contribution in [0.4, 0.5) is 8.78 Å². The molecule has 7 nitrogen and oxygen atoms in total. The van der Waals surface area contributed by atoms with Crippen molar-refractivity contribution in [3.8, 4) is 17.0 Å². The van der Waals surface area contributed by atoms with Gasteiger partial charge in [0.1, 0.15) is 24.3 Å². The Morgan fingerprint density at radius 1 is 1.12 bits per heavy atom. The maximum atomic E-state index is 13.4. The second-order valence-electron chi connectivity index (χ2n) is 7.80. The Bertz CT molecular complexity index is 1110. The standard InChI is InChI=1S/C24H24F2N4O3/c25-14-17-12-19(6-7-20(17)26)33-18-8-10-30(11-9-18)23(31)15-27-24(32)22-13-21(28-29-22)16-4-2-1-3-5-16/h1-7,12-13,18H,8-11,14-15H2,(H,27,32)(H,28,29). The Morgan fingerprint density at radius 3 is 2.61 bits per heavy atom. The van der Waals surface area contributed by atoms with E-state index in [-0.39, 0.29) is 29.8 Å². The molecule has 1 fully saturated rings. The molecule has 1 aromatic heterocycles. The lowest BCUT2D eigenvalue weighted by Gasteiger charge is -2.32. The highest BCUT2D eigenvalue weighted by Crippen LogP contribution is 2.22. The molecule has 2 heterocycles. The average molecular weight is 454 g/mol. The Morgan fingerprint density at radius 2 is 1.88 bits per heavy atom. The van der Waals surface area contributed by atoms with E-state index in [0.717, 1.165) is 5.56 Å². The number of likely N-dealkylation sites (tertiary alicyclic amines) is 1. The van der Waals surface area contributed by atoms with Crippen molar-refractivity contribution in [3.05, 3.63) is 71.7 Å². The van der Waals surface area contributed by atoms with Crippen molar-refractivity contribution < 1.29 is 23.1 Å². The van der Waals surface area contributed by atoms with E-state index in [1.807, 2.05) is 30.3 Å². The van der Waals surface area contributed by atoms with Crippen LogP contribution in [-0.2, 0) is 11.5 Å². The van der Waals surface area contributed by atoms with Crippen LogP contribution in [0.3, 0.4) is 0 Å². The van der Waals surface area contributed by atoms with Crippen LogP contribution in [0.25, 0.3) is 11.3 Å². The molecule has 0 atom stereocenters. The highest BCUT2D eigenvalue weighted by atomic mass is 19.1. The van der Waals surface area contributed by atoms with E-state index in [9.17, 15) is 18.4 Å². The van der Waals surface area contributed by atoms with E-state index in [4.69, 9.17) is 4.74 Å². The van der Waals surface area contributed by atoms with Gasteiger partial charge in [-0.25, -0.2) is 8.78 Å². The fourth-order valence-corrected chi connectivity index (χ4v) is 3.70. The summed E-state index contributed by atoms with van der Waals surface area (Å²) in [7, 11) is 0. The number of nitrogens with one attached hydrogen (secondary N) is 2. The van der Waals surface area contributed by atoms with Crippen LogP contribution in [0.5, 0.6) is 5.75 Å². The molecule has 9 heteroatoms. The summed E-state index contributed by atoms with van der Waals surface area (Å²) < 4.78 is 32.1. The third kappa shape index (κ3) is 5.54. The zero-order valence-electron chi connectivity index (χ0n) is 17.9. The van der Waals surface area contributed by atoms with Crippen LogP contribution in [0.2, 0.25) is 0 Å². The normalized spacial score (nSPS) is 14.2. The minimum atomic E-state index is -0.895. The molecule has 4 rings (SSSR count). The second-order valence-corrected chi connectivity index (χ2v) is 7.80. The molecule has 2 N–H and O–H groups in total. The Hall–Kier alpha value is -3.75. The molecular weight excluding hydrogens is 430 g/mol. The molecule has 1 saturated heterocycles. The van der Waals surface area contributed by atoms with Crippen molar-refractivity contribution in [1.82, 2.24) is 20.4 Å². The van der Waals surface area contributed by atoms with E-state index in [1.165, 1.54) is 18.2 Å². The van der Waals surface area contributed by atoms with Gasteiger partial charge in [0.2, 0.25) is 5.91 Å². The van der Waals surface area contributed by atoms with E-state index in [1.54, 1.807) is 11.0 Å². The topological polar surface area (TPSA) is 87.3 Å². The number of rotatable bonds is 7. The van der Waals surface area contributed by atoms with Crippen LogP contribution in [0, 0.1) is 5.82 Å². The number of alkyl halides is 1. The summed E-state index contributed by atoms with van der Waals surface area (Å²) in [6.45, 7) is -0.0859. The summed E-state index contributed by atoms with van der Waals surface area (Å²) in [5, 5.41) is 9.47. The number of carbonyl (C=O) groups excluding carboxylic acids is 2. The average Bonchev–Trinajstić information content (AvgIpc) is 3.35. The molecule has 1 aliphatic heterocycles. The SMILES string of the molecule is O=C(NCC(=O)N1CCC(Oc2ccc(F)c(CF)c2)CC1)c1cc(-c2ccccc2)[nH]n1. The number of hydrogen-bond donors (Lipinski definition) is 2. The van der Waals surface area contributed by atoms with E-state index < -0.39 is 18.4 Å². The van der Waals surface area contributed by atoms with Gasteiger partial charge in [-0.1, -0.05) is 30.3 Å². The van der Waals surface area contributed by atoms with Crippen molar-refractivity contribution in [2.24, 2.45) is 0 Å². The fraction of sp³-hybridized carbons (Fsp3) is 0.292. The highest BCUT2D eigenvalue weighted by Gasteiger charge is 2.24. The van der Waals surface area contributed by atoms with E-state index >= 15 is 0 Å². The lowest BCUT2D eigenvalue weighted by Crippen LogP contribution is -2.46. The predicted molar refractivity (Wildman–Crippen MR) is 118 cm³/mol. The largest absolute Gasteiger partial charge is 0.490 e. The van der Waals surface area contributed by atoms with Crippen LogP contribution < -0.4 is 10.1 Å². The Balaban J connectivity index is 1.23. The van der Waals surface area contributed by atoms with Gasteiger partial charge in [0.15, 0.2) is 5.69 Å². The van der Waals surface area contributed by atoms with Crippen molar-refractivity contribution in [2.45, 2.75) is 25.6 Å². The molecular formula is C24H24F2N4O3.